The molecule has 1 aliphatic rings. The van der Waals surface area contributed by atoms with Crippen molar-refractivity contribution in [1.82, 2.24) is 15.4 Å². The molecule has 100 valence electrons. The molecule has 1 aliphatic heterocycles. The number of nitrogens with one attached hydrogen (secondary N) is 1. The minimum atomic E-state index is -0.421. The van der Waals surface area contributed by atoms with E-state index in [0.29, 0.717) is 11.5 Å². The molecule has 7 heteroatoms. The van der Waals surface area contributed by atoms with Crippen LogP contribution in [0.25, 0.3) is 0 Å². The van der Waals surface area contributed by atoms with Crippen LogP contribution in [0.4, 0.5) is 0 Å². The molecule has 0 bridgehead atoms. The van der Waals surface area contributed by atoms with Gasteiger partial charge in [-0.05, 0) is 23.8 Å². The van der Waals surface area contributed by atoms with Crippen LogP contribution in [-0.2, 0) is 0 Å². The molecule has 0 atom stereocenters. The van der Waals surface area contributed by atoms with Gasteiger partial charge in [0.25, 0.3) is 5.91 Å². The van der Waals surface area contributed by atoms with Crippen LogP contribution in [0.5, 0.6) is 11.5 Å². The Morgan fingerprint density at radius 1 is 1.30 bits per heavy atom. The van der Waals surface area contributed by atoms with Crippen molar-refractivity contribution in [2.24, 2.45) is 5.10 Å². The molecular weight excluding hydrogens is 260 g/mol. The van der Waals surface area contributed by atoms with E-state index in [4.69, 9.17) is 9.47 Å². The number of hydrogen-bond donors (Lipinski definition) is 1. The number of amides is 1. The van der Waals surface area contributed by atoms with E-state index in [2.05, 4.69) is 20.5 Å². The van der Waals surface area contributed by atoms with Crippen LogP contribution >= 0.6 is 0 Å². The summed E-state index contributed by atoms with van der Waals surface area (Å²) < 4.78 is 10.4. The van der Waals surface area contributed by atoms with Crippen LogP contribution in [0.3, 0.4) is 0 Å². The van der Waals surface area contributed by atoms with Crippen molar-refractivity contribution in [3.05, 3.63) is 48.0 Å². The first-order valence-electron chi connectivity index (χ1n) is 5.82. The Labute approximate surface area is 114 Å². The lowest BCUT2D eigenvalue weighted by Gasteiger charge is -1.99. The zero-order valence-electron chi connectivity index (χ0n) is 10.3. The fraction of sp³-hybridized carbons (Fsp3) is 0.0769. The summed E-state index contributed by atoms with van der Waals surface area (Å²) in [7, 11) is 0. The molecule has 3 rings (SSSR count). The predicted molar refractivity (Wildman–Crippen MR) is 69.7 cm³/mol. The van der Waals surface area contributed by atoms with Gasteiger partial charge in [-0.15, -0.1) is 0 Å². The van der Waals surface area contributed by atoms with Crippen molar-refractivity contribution in [1.29, 1.82) is 0 Å². The van der Waals surface area contributed by atoms with Crippen molar-refractivity contribution in [3.8, 4) is 11.5 Å². The Morgan fingerprint density at radius 3 is 3.05 bits per heavy atom. The van der Waals surface area contributed by atoms with Gasteiger partial charge >= 0.3 is 0 Å². The molecule has 2 heterocycles. The van der Waals surface area contributed by atoms with E-state index in [0.717, 1.165) is 5.56 Å². The molecule has 1 aromatic heterocycles. The van der Waals surface area contributed by atoms with Crippen molar-refractivity contribution in [2.45, 2.75) is 0 Å². The van der Waals surface area contributed by atoms with Gasteiger partial charge in [-0.3, -0.25) is 9.78 Å². The van der Waals surface area contributed by atoms with E-state index in [-0.39, 0.29) is 12.5 Å². The first-order valence-corrected chi connectivity index (χ1v) is 5.82. The zero-order valence-corrected chi connectivity index (χ0v) is 10.3. The summed E-state index contributed by atoms with van der Waals surface area (Å²) in [5.41, 5.74) is 3.36. The summed E-state index contributed by atoms with van der Waals surface area (Å²) in [6, 6.07) is 5.37. The average Bonchev–Trinajstić information content (AvgIpc) is 2.95. The molecule has 0 fully saturated rings. The van der Waals surface area contributed by atoms with Gasteiger partial charge in [-0.1, -0.05) is 0 Å². The van der Waals surface area contributed by atoms with E-state index in [1.54, 1.807) is 12.1 Å². The van der Waals surface area contributed by atoms with Crippen LogP contribution in [0, 0.1) is 0 Å². The summed E-state index contributed by atoms with van der Waals surface area (Å²) in [6.45, 7) is 0.222. The Bertz CT molecular complexity index is 658. The maximum absolute atomic E-state index is 11.7. The summed E-state index contributed by atoms with van der Waals surface area (Å²) in [4.78, 5) is 19.3. The Balaban J connectivity index is 1.65. The Hall–Kier alpha value is -2.96. The third-order valence-corrected chi connectivity index (χ3v) is 2.57. The minimum Gasteiger partial charge on any atom is -0.454 e. The fourth-order valence-electron chi connectivity index (χ4n) is 1.63. The second kappa shape index (κ2) is 5.35. The molecule has 20 heavy (non-hydrogen) atoms. The SMILES string of the molecule is O=C(N/N=C\c1ccc2c(c1)OCO2)c1cnccn1. The summed E-state index contributed by atoms with van der Waals surface area (Å²) in [5.74, 6) is 0.940. The number of aromatic nitrogens is 2. The number of carbonyl (C=O) groups excluding carboxylic acids is 1. The second-order valence-corrected chi connectivity index (χ2v) is 3.90. The standard InChI is InChI=1S/C13H10N4O3/c18-13(10-7-14-3-4-15-10)17-16-6-9-1-2-11-12(5-9)20-8-19-11/h1-7H,8H2,(H,17,18)/b16-6-. The summed E-state index contributed by atoms with van der Waals surface area (Å²) >= 11 is 0. The maximum atomic E-state index is 11.7. The van der Waals surface area contributed by atoms with Gasteiger partial charge in [0.05, 0.1) is 12.4 Å². The third kappa shape index (κ3) is 2.56. The smallest absolute Gasteiger partial charge is 0.291 e. The topological polar surface area (TPSA) is 85.7 Å². The number of benzene rings is 1. The molecule has 0 saturated heterocycles. The summed E-state index contributed by atoms with van der Waals surface area (Å²) in [5, 5.41) is 3.85. The quantitative estimate of drug-likeness (QED) is 0.663. The monoisotopic (exact) mass is 270 g/mol. The van der Waals surface area contributed by atoms with Crippen molar-refractivity contribution in [2.75, 3.05) is 6.79 Å². The zero-order chi connectivity index (χ0) is 13.8. The van der Waals surface area contributed by atoms with Crippen LogP contribution in [0.15, 0.2) is 41.9 Å². The fourth-order valence-corrected chi connectivity index (χ4v) is 1.63. The maximum Gasteiger partial charge on any atom is 0.291 e. The molecular formula is C13H10N4O3. The number of fused-ring (bicyclic) bond motifs is 1. The molecule has 2 aromatic rings. The number of ether oxygens (including phenoxy) is 2. The first-order chi connectivity index (χ1) is 9.83. The summed E-state index contributed by atoms with van der Waals surface area (Å²) in [6.07, 6.45) is 5.81. The second-order valence-electron chi connectivity index (χ2n) is 3.90. The van der Waals surface area contributed by atoms with Gasteiger partial charge in [0.1, 0.15) is 5.69 Å². The lowest BCUT2D eigenvalue weighted by atomic mass is 10.2. The minimum absolute atomic E-state index is 0.204. The van der Waals surface area contributed by atoms with Crippen LogP contribution < -0.4 is 14.9 Å². The van der Waals surface area contributed by atoms with Gasteiger partial charge in [0.2, 0.25) is 6.79 Å². The van der Waals surface area contributed by atoms with E-state index >= 15 is 0 Å². The van der Waals surface area contributed by atoms with Gasteiger partial charge < -0.3 is 9.47 Å². The van der Waals surface area contributed by atoms with E-state index < -0.39 is 5.91 Å². The largest absolute Gasteiger partial charge is 0.454 e. The highest BCUT2D eigenvalue weighted by Crippen LogP contribution is 2.31. The Morgan fingerprint density at radius 2 is 2.20 bits per heavy atom. The highest BCUT2D eigenvalue weighted by atomic mass is 16.7. The van der Waals surface area contributed by atoms with Crippen molar-refractivity contribution < 1.29 is 14.3 Å². The van der Waals surface area contributed by atoms with E-state index in [9.17, 15) is 4.79 Å². The van der Waals surface area contributed by atoms with Gasteiger partial charge in [0, 0.05) is 12.4 Å². The number of hydrogen-bond acceptors (Lipinski definition) is 6. The number of hydrazone groups is 1. The van der Waals surface area contributed by atoms with Gasteiger partial charge in [0.15, 0.2) is 11.5 Å². The molecule has 0 aliphatic carbocycles. The van der Waals surface area contributed by atoms with Crippen LogP contribution in [-0.4, -0.2) is 28.9 Å². The molecule has 0 saturated carbocycles. The molecule has 1 amide bonds. The lowest BCUT2D eigenvalue weighted by Crippen LogP contribution is -2.19. The highest BCUT2D eigenvalue weighted by Gasteiger charge is 2.12. The molecule has 0 spiro atoms. The van der Waals surface area contributed by atoms with Crippen LogP contribution in [0.2, 0.25) is 0 Å². The van der Waals surface area contributed by atoms with Crippen molar-refractivity contribution in [3.63, 3.8) is 0 Å². The molecule has 0 unspecified atom stereocenters. The van der Waals surface area contributed by atoms with Gasteiger partial charge in [-0.2, -0.15) is 5.10 Å². The van der Waals surface area contributed by atoms with Crippen molar-refractivity contribution >= 4 is 12.1 Å². The Kier molecular flexibility index (Phi) is 3.24. The van der Waals surface area contributed by atoms with E-state index in [1.807, 2.05) is 6.07 Å². The third-order valence-electron chi connectivity index (χ3n) is 2.57. The van der Waals surface area contributed by atoms with Crippen LogP contribution in [0.1, 0.15) is 16.1 Å². The molecule has 1 N–H and O–H groups in total. The molecule has 7 nitrogen and oxygen atoms in total. The first kappa shape index (κ1) is 12.1. The predicted octanol–water partition coefficient (Wildman–Crippen LogP) is 0.969. The average molecular weight is 270 g/mol. The molecule has 0 radical (unpaired) electrons. The van der Waals surface area contributed by atoms with Gasteiger partial charge in [-0.25, -0.2) is 10.4 Å². The van der Waals surface area contributed by atoms with E-state index in [1.165, 1.54) is 24.8 Å². The highest BCUT2D eigenvalue weighted by molar-refractivity contribution is 5.92. The number of rotatable bonds is 3. The normalized spacial score (nSPS) is 12.6. The molecule has 1 aromatic carbocycles. The number of carbonyl (C=O) groups is 1. The lowest BCUT2D eigenvalue weighted by molar-refractivity contribution is 0.0949. The number of nitrogens with zero attached hydrogens (tertiary/aromatic N) is 3.